The summed E-state index contributed by atoms with van der Waals surface area (Å²) in [6, 6.07) is 26.2. The second-order valence-corrected chi connectivity index (χ2v) is 7.35. The van der Waals surface area contributed by atoms with Crippen molar-refractivity contribution >= 4 is 11.5 Å². The maximum atomic E-state index is 11.4. The molecule has 0 bridgehead atoms. The van der Waals surface area contributed by atoms with E-state index in [4.69, 9.17) is 0 Å². The molecule has 1 aliphatic carbocycles. The SMILES string of the molecule is COC([O-])=c1ccc(=C2C=CC(CN(C)C)=C2)cc1.[Fe+2].c1ccc(-c2ccc[cH-]2)cc1. The number of ether oxygens (including phenoxy) is 1. The van der Waals surface area contributed by atoms with Crippen molar-refractivity contribution in [2.24, 2.45) is 0 Å². The number of nitrogens with zero attached hydrogens (tertiary/aromatic N) is 1. The summed E-state index contributed by atoms with van der Waals surface area (Å²) in [7, 11) is 5.50. The number of hydrogen-bond donors (Lipinski definition) is 0. The molecule has 31 heavy (non-hydrogen) atoms. The second-order valence-electron chi connectivity index (χ2n) is 7.35. The topological polar surface area (TPSA) is 35.5 Å². The van der Waals surface area contributed by atoms with Crippen LogP contribution in [0.5, 0.6) is 0 Å². The Kier molecular flexibility index (Phi) is 9.48. The number of methoxy groups -OCH3 is 1. The van der Waals surface area contributed by atoms with E-state index >= 15 is 0 Å². The van der Waals surface area contributed by atoms with Gasteiger partial charge < -0.3 is 14.7 Å². The maximum absolute atomic E-state index is 11.4. The van der Waals surface area contributed by atoms with Crippen molar-refractivity contribution in [3.8, 4) is 11.1 Å². The molecule has 0 amide bonds. The van der Waals surface area contributed by atoms with Crippen LogP contribution < -0.4 is 15.5 Å². The van der Waals surface area contributed by atoms with Crippen molar-refractivity contribution in [3.05, 3.63) is 113 Å². The summed E-state index contributed by atoms with van der Waals surface area (Å²) >= 11 is 0. The van der Waals surface area contributed by atoms with Crippen LogP contribution in [0.25, 0.3) is 22.6 Å². The molecule has 4 heteroatoms. The van der Waals surface area contributed by atoms with Crippen LogP contribution in [0.4, 0.5) is 0 Å². The molecule has 0 spiro atoms. The zero-order valence-corrected chi connectivity index (χ0v) is 19.2. The predicted octanol–water partition coefficient (Wildman–Crippen LogP) is 3.04. The summed E-state index contributed by atoms with van der Waals surface area (Å²) in [6.07, 6.45) is 6.41. The summed E-state index contributed by atoms with van der Waals surface area (Å²) in [5.41, 5.74) is 5.05. The minimum Gasteiger partial charge on any atom is -0.616 e. The molecule has 0 radical (unpaired) electrons. The van der Waals surface area contributed by atoms with E-state index in [0.29, 0.717) is 5.22 Å². The van der Waals surface area contributed by atoms with Crippen LogP contribution in [0, 0.1) is 0 Å². The summed E-state index contributed by atoms with van der Waals surface area (Å²) in [6.45, 7) is 0.931. The Morgan fingerprint density at radius 1 is 0.935 bits per heavy atom. The first-order chi connectivity index (χ1) is 14.6. The van der Waals surface area contributed by atoms with Crippen molar-refractivity contribution in [3.63, 3.8) is 0 Å². The Bertz CT molecular complexity index is 1100. The monoisotopic (exact) mass is 453 g/mol. The maximum Gasteiger partial charge on any atom is 2.00 e. The van der Waals surface area contributed by atoms with Gasteiger partial charge in [0.15, 0.2) is 0 Å². The van der Waals surface area contributed by atoms with Gasteiger partial charge in [0.2, 0.25) is 0 Å². The van der Waals surface area contributed by atoms with E-state index in [1.165, 1.54) is 29.4 Å². The number of hydrogen-bond acceptors (Lipinski definition) is 3. The molecule has 1 aliphatic rings. The molecule has 0 saturated heterocycles. The van der Waals surface area contributed by atoms with E-state index in [0.717, 1.165) is 11.8 Å². The third-order valence-corrected chi connectivity index (χ3v) is 4.73. The molecule has 0 heterocycles. The Labute approximate surface area is 195 Å². The Morgan fingerprint density at radius 3 is 2.23 bits per heavy atom. The molecule has 0 fully saturated rings. The standard InChI is InChI=1S/C16H19NO2.C11H9.Fe/c1-17(2)11-12-4-5-15(10-12)13-6-8-14(9-7-13)16(18)19-3;1-2-6-10(7-3-1)11-8-4-5-9-11;/h4-10,18H,11H2,1-3H3;1-9H;/q;-1;+2/p-1. The Balaban J connectivity index is 0.000000242. The van der Waals surface area contributed by atoms with E-state index in [-0.39, 0.29) is 23.0 Å². The fraction of sp³-hybridized carbons (Fsp3) is 0.148. The van der Waals surface area contributed by atoms with Crippen LogP contribution in [0.2, 0.25) is 0 Å². The van der Waals surface area contributed by atoms with Gasteiger partial charge in [-0.05, 0) is 48.9 Å². The van der Waals surface area contributed by atoms with Gasteiger partial charge in [-0.2, -0.15) is 23.8 Å². The van der Waals surface area contributed by atoms with E-state index in [1.54, 1.807) is 12.1 Å². The molecular weight excluding hydrogens is 426 g/mol. The first-order valence-electron chi connectivity index (χ1n) is 9.93. The first-order valence-corrected chi connectivity index (χ1v) is 9.93. The summed E-state index contributed by atoms with van der Waals surface area (Å²) in [5.74, 6) is -0.303. The molecular formula is C27H27FeNO2. The van der Waals surface area contributed by atoms with Crippen LogP contribution in [0.15, 0.2) is 103 Å². The van der Waals surface area contributed by atoms with Gasteiger partial charge in [0.1, 0.15) is 0 Å². The molecule has 0 unspecified atom stereocenters. The van der Waals surface area contributed by atoms with Crippen molar-refractivity contribution in [1.29, 1.82) is 0 Å². The average Bonchev–Trinajstić information content (AvgIpc) is 3.46. The fourth-order valence-electron chi connectivity index (χ4n) is 3.25. The van der Waals surface area contributed by atoms with Gasteiger partial charge in [-0.1, -0.05) is 66.7 Å². The van der Waals surface area contributed by atoms with Crippen molar-refractivity contribution < 1.29 is 26.9 Å². The van der Waals surface area contributed by atoms with Gasteiger partial charge in [-0.15, -0.1) is 11.6 Å². The number of likely N-dealkylation sites (N-methyl/N-ethyl adjacent to an activating group) is 1. The van der Waals surface area contributed by atoms with Gasteiger partial charge in [-0.3, -0.25) is 0 Å². The molecule has 4 rings (SSSR count). The summed E-state index contributed by atoms with van der Waals surface area (Å²) in [4.78, 5) is 2.14. The molecule has 0 aliphatic heterocycles. The third kappa shape index (κ3) is 7.08. The van der Waals surface area contributed by atoms with Crippen molar-refractivity contribution in [2.45, 2.75) is 0 Å². The zero-order valence-electron chi connectivity index (χ0n) is 18.1. The van der Waals surface area contributed by atoms with Gasteiger partial charge >= 0.3 is 17.1 Å². The van der Waals surface area contributed by atoms with Gasteiger partial charge in [-0.25, -0.2) is 0 Å². The van der Waals surface area contributed by atoms with Gasteiger partial charge in [0.25, 0.3) is 0 Å². The van der Waals surface area contributed by atoms with Crippen molar-refractivity contribution in [2.75, 3.05) is 27.7 Å². The summed E-state index contributed by atoms with van der Waals surface area (Å²) in [5, 5.41) is 13.0. The predicted molar refractivity (Wildman–Crippen MR) is 123 cm³/mol. The smallest absolute Gasteiger partial charge is 0.616 e. The normalized spacial score (nSPS) is 12.0. The molecule has 3 aromatic rings. The van der Waals surface area contributed by atoms with Crippen molar-refractivity contribution in [1.82, 2.24) is 4.90 Å². The van der Waals surface area contributed by atoms with Crippen LogP contribution >= 0.6 is 0 Å². The molecule has 3 aromatic carbocycles. The Hall–Kier alpha value is -2.91. The van der Waals surface area contributed by atoms with Gasteiger partial charge in [0.05, 0.1) is 5.95 Å². The molecule has 3 nitrogen and oxygen atoms in total. The fourth-order valence-corrected chi connectivity index (χ4v) is 3.25. The van der Waals surface area contributed by atoms with Crippen LogP contribution in [0.1, 0.15) is 0 Å². The second kappa shape index (κ2) is 12.1. The quantitative estimate of drug-likeness (QED) is 0.450. The van der Waals surface area contributed by atoms with E-state index in [9.17, 15) is 5.11 Å². The minimum atomic E-state index is -0.303. The van der Waals surface area contributed by atoms with E-state index in [2.05, 4.69) is 90.5 Å². The molecule has 0 aromatic heterocycles. The average molecular weight is 453 g/mol. The zero-order chi connectivity index (χ0) is 21.3. The minimum absolute atomic E-state index is 0. The molecule has 0 saturated carbocycles. The van der Waals surface area contributed by atoms with Crippen LogP contribution in [-0.4, -0.2) is 32.6 Å². The number of rotatable bonds is 4. The van der Waals surface area contributed by atoms with E-state index in [1.807, 2.05) is 18.2 Å². The molecule has 0 atom stereocenters. The third-order valence-electron chi connectivity index (χ3n) is 4.73. The largest absolute Gasteiger partial charge is 2.00 e. The molecule has 0 N–H and O–H groups in total. The first kappa shape index (κ1) is 24.4. The van der Waals surface area contributed by atoms with Crippen LogP contribution in [-0.2, 0) is 21.8 Å². The van der Waals surface area contributed by atoms with E-state index < -0.39 is 0 Å². The number of benzene rings is 2. The number of allylic oxidation sites excluding steroid dienone is 2. The Morgan fingerprint density at radius 2 is 1.65 bits per heavy atom. The van der Waals surface area contributed by atoms with Gasteiger partial charge in [0, 0.05) is 6.54 Å². The molecule has 160 valence electrons. The van der Waals surface area contributed by atoms with Crippen LogP contribution in [0.3, 0.4) is 0 Å². The summed E-state index contributed by atoms with van der Waals surface area (Å²) < 4.78 is 4.69.